The van der Waals surface area contributed by atoms with E-state index in [-0.39, 0.29) is 17.4 Å². The van der Waals surface area contributed by atoms with Crippen molar-refractivity contribution in [3.63, 3.8) is 0 Å². The van der Waals surface area contributed by atoms with E-state index in [9.17, 15) is 9.18 Å². The van der Waals surface area contributed by atoms with Crippen LogP contribution in [0.5, 0.6) is 5.88 Å². The topological polar surface area (TPSA) is 51.7 Å². The molecule has 0 radical (unpaired) electrons. The molecular formula is C18H23FN2O3. The summed E-state index contributed by atoms with van der Waals surface area (Å²) in [5, 5.41) is 0. The molecule has 1 aromatic rings. The predicted octanol–water partition coefficient (Wildman–Crippen LogP) is 2.22. The van der Waals surface area contributed by atoms with Crippen molar-refractivity contribution in [2.45, 2.75) is 37.5 Å². The van der Waals surface area contributed by atoms with E-state index in [0.717, 1.165) is 19.4 Å². The number of halogens is 1. The van der Waals surface area contributed by atoms with E-state index in [2.05, 4.69) is 4.98 Å². The first-order chi connectivity index (χ1) is 11.7. The fourth-order valence-electron chi connectivity index (χ4n) is 4.04. The van der Waals surface area contributed by atoms with Gasteiger partial charge in [0.15, 0.2) is 0 Å². The maximum Gasteiger partial charge on any atom is 0.226 e. The molecule has 6 heteroatoms. The molecule has 1 amide bonds. The minimum atomic E-state index is -0.784. The Kier molecular flexibility index (Phi) is 4.16. The van der Waals surface area contributed by atoms with E-state index >= 15 is 0 Å². The maximum absolute atomic E-state index is 12.9. The van der Waals surface area contributed by atoms with Crippen molar-refractivity contribution in [1.29, 1.82) is 0 Å². The van der Waals surface area contributed by atoms with Crippen molar-refractivity contribution >= 4 is 5.91 Å². The Labute approximate surface area is 141 Å². The van der Waals surface area contributed by atoms with Gasteiger partial charge in [0.25, 0.3) is 0 Å². The lowest BCUT2D eigenvalue weighted by molar-refractivity contribution is -0.173. The molecule has 4 rings (SSSR count). The highest BCUT2D eigenvalue weighted by molar-refractivity contribution is 5.81. The summed E-state index contributed by atoms with van der Waals surface area (Å²) in [4.78, 5) is 18.3. The molecule has 1 aromatic heterocycles. The van der Waals surface area contributed by atoms with Crippen LogP contribution in [0, 0.1) is 11.8 Å². The molecule has 2 saturated heterocycles. The number of nitrogens with zero attached hydrogens (tertiary/aromatic N) is 2. The minimum absolute atomic E-state index is 0.105. The number of aromatic nitrogens is 1. The van der Waals surface area contributed by atoms with Crippen LogP contribution < -0.4 is 4.74 Å². The number of hydrogen-bond donors (Lipinski definition) is 0. The van der Waals surface area contributed by atoms with Gasteiger partial charge < -0.3 is 14.4 Å². The Bertz CT molecular complexity index is 585. The Morgan fingerprint density at radius 1 is 1.42 bits per heavy atom. The summed E-state index contributed by atoms with van der Waals surface area (Å²) in [7, 11) is 0. The van der Waals surface area contributed by atoms with Gasteiger partial charge in [-0.3, -0.25) is 4.79 Å². The third-order valence-corrected chi connectivity index (χ3v) is 5.61. The summed E-state index contributed by atoms with van der Waals surface area (Å²) >= 11 is 0. The lowest BCUT2D eigenvalue weighted by Crippen LogP contribution is -2.67. The second kappa shape index (κ2) is 6.31. The van der Waals surface area contributed by atoms with Gasteiger partial charge in [-0.25, -0.2) is 9.37 Å². The molecule has 130 valence electrons. The smallest absolute Gasteiger partial charge is 0.226 e. The molecular weight excluding hydrogens is 311 g/mol. The highest BCUT2D eigenvalue weighted by atomic mass is 19.1. The maximum atomic E-state index is 12.9. The molecule has 0 bridgehead atoms. The van der Waals surface area contributed by atoms with Crippen molar-refractivity contribution in [3.8, 4) is 5.88 Å². The fraction of sp³-hybridized carbons (Fsp3) is 0.667. The highest BCUT2D eigenvalue weighted by Gasteiger charge is 2.55. The standard InChI is InChI=1S/C18H23FN2O3/c19-15-9-13(10-15)17(22)21-11-18(12-21)14(5-8-24-18)4-7-23-16-3-1-2-6-20-16/h1-3,6,13-15H,4-5,7-12H2/t13?,14-,15?/m1/s1. The molecule has 3 aliphatic rings. The van der Waals surface area contributed by atoms with Crippen molar-refractivity contribution in [2.75, 3.05) is 26.3 Å². The van der Waals surface area contributed by atoms with Crippen molar-refractivity contribution in [2.24, 2.45) is 11.8 Å². The number of ether oxygens (including phenoxy) is 2. The van der Waals surface area contributed by atoms with Crippen LogP contribution in [-0.4, -0.2) is 53.9 Å². The number of pyridine rings is 1. The van der Waals surface area contributed by atoms with E-state index in [1.165, 1.54) is 0 Å². The van der Waals surface area contributed by atoms with Gasteiger partial charge in [-0.1, -0.05) is 6.07 Å². The molecule has 1 atom stereocenters. The summed E-state index contributed by atoms with van der Waals surface area (Å²) in [5.41, 5.74) is -0.206. The van der Waals surface area contributed by atoms with Crippen LogP contribution in [0.2, 0.25) is 0 Å². The highest BCUT2D eigenvalue weighted by Crippen LogP contribution is 2.43. The van der Waals surface area contributed by atoms with Gasteiger partial charge in [0.2, 0.25) is 11.8 Å². The number of alkyl halides is 1. The number of likely N-dealkylation sites (tertiary alicyclic amines) is 1. The van der Waals surface area contributed by atoms with Gasteiger partial charge in [-0.05, 0) is 37.7 Å². The molecule has 1 aliphatic carbocycles. The minimum Gasteiger partial charge on any atom is -0.478 e. The van der Waals surface area contributed by atoms with Gasteiger partial charge in [-0.2, -0.15) is 0 Å². The average Bonchev–Trinajstić information content (AvgIpc) is 2.95. The number of carbonyl (C=O) groups excluding carboxylic acids is 1. The second-order valence-electron chi connectivity index (χ2n) is 7.16. The third kappa shape index (κ3) is 2.88. The Morgan fingerprint density at radius 3 is 2.96 bits per heavy atom. The Hall–Kier alpha value is -1.69. The van der Waals surface area contributed by atoms with Gasteiger partial charge in [-0.15, -0.1) is 0 Å². The molecule has 24 heavy (non-hydrogen) atoms. The zero-order valence-electron chi connectivity index (χ0n) is 13.7. The number of hydrogen-bond acceptors (Lipinski definition) is 4. The van der Waals surface area contributed by atoms with Gasteiger partial charge >= 0.3 is 0 Å². The van der Waals surface area contributed by atoms with Crippen LogP contribution in [-0.2, 0) is 9.53 Å². The summed E-state index contributed by atoms with van der Waals surface area (Å²) in [6.45, 7) is 2.64. The molecule has 5 nitrogen and oxygen atoms in total. The summed E-state index contributed by atoms with van der Waals surface area (Å²) in [6.07, 6.45) is 3.62. The number of carbonyl (C=O) groups is 1. The van der Waals surface area contributed by atoms with Crippen LogP contribution in [0.15, 0.2) is 24.4 Å². The molecule has 0 aromatic carbocycles. The average molecular weight is 334 g/mol. The first-order valence-electron chi connectivity index (χ1n) is 8.77. The largest absolute Gasteiger partial charge is 0.478 e. The van der Waals surface area contributed by atoms with Crippen LogP contribution in [0.3, 0.4) is 0 Å². The van der Waals surface area contributed by atoms with E-state index in [1.54, 1.807) is 6.20 Å². The van der Waals surface area contributed by atoms with Gasteiger partial charge in [0.05, 0.1) is 19.7 Å². The van der Waals surface area contributed by atoms with Crippen molar-refractivity contribution in [1.82, 2.24) is 9.88 Å². The van der Waals surface area contributed by atoms with Crippen molar-refractivity contribution in [3.05, 3.63) is 24.4 Å². The molecule has 1 spiro atoms. The molecule has 0 N–H and O–H groups in total. The van der Waals surface area contributed by atoms with Gasteiger partial charge in [0, 0.05) is 24.8 Å². The van der Waals surface area contributed by atoms with Crippen LogP contribution >= 0.6 is 0 Å². The van der Waals surface area contributed by atoms with Crippen LogP contribution in [0.4, 0.5) is 4.39 Å². The molecule has 3 fully saturated rings. The fourth-order valence-corrected chi connectivity index (χ4v) is 4.04. The van der Waals surface area contributed by atoms with E-state index in [0.29, 0.717) is 44.3 Å². The predicted molar refractivity (Wildman–Crippen MR) is 85.3 cm³/mol. The first-order valence-corrected chi connectivity index (χ1v) is 8.77. The molecule has 0 unspecified atom stereocenters. The summed E-state index contributed by atoms with van der Waals surface area (Å²) in [6, 6.07) is 5.61. The number of rotatable bonds is 5. The molecule has 2 aliphatic heterocycles. The third-order valence-electron chi connectivity index (χ3n) is 5.61. The van der Waals surface area contributed by atoms with Crippen LogP contribution in [0.25, 0.3) is 0 Å². The van der Waals surface area contributed by atoms with Crippen LogP contribution in [0.1, 0.15) is 25.7 Å². The molecule has 3 heterocycles. The zero-order valence-corrected chi connectivity index (χ0v) is 13.7. The lowest BCUT2D eigenvalue weighted by atomic mass is 9.76. The molecule has 1 saturated carbocycles. The SMILES string of the molecule is O=C(C1CC(F)C1)N1CC2(C1)OCC[C@H]2CCOc1ccccn1. The quantitative estimate of drug-likeness (QED) is 0.828. The zero-order chi connectivity index (χ0) is 16.6. The van der Waals surface area contributed by atoms with E-state index < -0.39 is 6.17 Å². The monoisotopic (exact) mass is 334 g/mol. The Balaban J connectivity index is 1.26. The van der Waals surface area contributed by atoms with E-state index in [4.69, 9.17) is 9.47 Å². The number of amides is 1. The lowest BCUT2D eigenvalue weighted by Gasteiger charge is -2.52. The normalized spacial score (nSPS) is 30.7. The van der Waals surface area contributed by atoms with E-state index in [1.807, 2.05) is 23.1 Å². The first kappa shape index (κ1) is 15.8. The van der Waals surface area contributed by atoms with Crippen molar-refractivity contribution < 1.29 is 18.7 Å². The second-order valence-corrected chi connectivity index (χ2v) is 7.16. The summed E-state index contributed by atoms with van der Waals surface area (Å²) < 4.78 is 24.6. The Morgan fingerprint density at radius 2 is 2.25 bits per heavy atom. The summed E-state index contributed by atoms with van der Waals surface area (Å²) in [5.74, 6) is 1.04. The van der Waals surface area contributed by atoms with Gasteiger partial charge in [0.1, 0.15) is 11.8 Å².